The van der Waals surface area contributed by atoms with Crippen LogP contribution in [0.15, 0.2) is 170 Å². The van der Waals surface area contributed by atoms with Crippen LogP contribution in [0.5, 0.6) is 0 Å². The fourth-order valence-electron chi connectivity index (χ4n) is 7.49. The summed E-state index contributed by atoms with van der Waals surface area (Å²) < 4.78 is 4.77. The van der Waals surface area contributed by atoms with E-state index in [0.717, 1.165) is 0 Å². The van der Waals surface area contributed by atoms with E-state index in [1.165, 1.54) is 87.5 Å². The largest absolute Gasteiger partial charge is 0.316 e. The maximum Gasteiger partial charge on any atom is 0.0619 e. The van der Waals surface area contributed by atoms with E-state index in [4.69, 9.17) is 0 Å². The quantitative estimate of drug-likeness (QED) is 0.195. The Hall–Kier alpha value is -6.12. The zero-order valence-corrected chi connectivity index (χ0v) is 25.1. The lowest BCUT2D eigenvalue weighted by atomic mass is 10.0. The first-order chi connectivity index (χ1) is 22.8. The molecule has 46 heavy (non-hydrogen) atoms. The molecule has 0 aliphatic heterocycles. The van der Waals surface area contributed by atoms with Gasteiger partial charge in [-0.15, -0.1) is 0 Å². The summed E-state index contributed by atoms with van der Waals surface area (Å²) in [5.41, 5.74) is 8.50. The van der Waals surface area contributed by atoms with Gasteiger partial charge in [0.25, 0.3) is 0 Å². The maximum absolute atomic E-state index is 2.46. The third-order valence-electron chi connectivity index (χ3n) is 9.69. The van der Waals surface area contributed by atoms with Gasteiger partial charge < -0.3 is 9.13 Å². The summed E-state index contributed by atoms with van der Waals surface area (Å²) in [6.07, 6.45) is 2.20. The Kier molecular flexibility index (Phi) is 5.31. The molecule has 10 aromatic rings. The van der Waals surface area contributed by atoms with E-state index in [1.807, 2.05) is 0 Å². The zero-order valence-electron chi connectivity index (χ0n) is 25.1. The van der Waals surface area contributed by atoms with Crippen LogP contribution in [0.1, 0.15) is 0 Å². The molecule has 2 nitrogen and oxygen atoms in total. The second-order valence-corrected chi connectivity index (χ2v) is 12.2. The summed E-state index contributed by atoms with van der Waals surface area (Å²) in [4.78, 5) is 0. The fourth-order valence-corrected chi connectivity index (χ4v) is 7.49. The molecule has 0 amide bonds. The molecule has 0 aliphatic rings. The lowest BCUT2D eigenvalue weighted by Crippen LogP contribution is -1.94. The van der Waals surface area contributed by atoms with Gasteiger partial charge in [-0.1, -0.05) is 115 Å². The minimum absolute atomic E-state index is 1.18. The second kappa shape index (κ2) is 9.69. The highest BCUT2D eigenvalue weighted by molar-refractivity contribution is 6.19. The van der Waals surface area contributed by atoms with Crippen molar-refractivity contribution in [3.8, 4) is 22.5 Å². The second-order valence-electron chi connectivity index (χ2n) is 12.2. The molecule has 0 atom stereocenters. The number of hydrogen-bond acceptors (Lipinski definition) is 0. The van der Waals surface area contributed by atoms with Gasteiger partial charge in [0, 0.05) is 38.8 Å². The molecule has 10 rings (SSSR count). The molecule has 2 aromatic heterocycles. The monoisotopic (exact) mass is 584 g/mol. The molecule has 0 saturated carbocycles. The van der Waals surface area contributed by atoms with Gasteiger partial charge >= 0.3 is 0 Å². The standard InChI is InChI=1S/C44H28N2/c1-2-11-32-27-36(20-16-29(32)8-1)46-43-23-19-34(28-40(43)39-21-17-31-10-4-6-14-38(31)44(39)46)33-18-22-41-35(26-33)24-25-45(41)42-15-7-12-30-9-3-5-13-37(30)42/h1-28H. The van der Waals surface area contributed by atoms with Crippen molar-refractivity contribution in [3.63, 3.8) is 0 Å². The molecule has 0 N–H and O–H groups in total. The molecule has 214 valence electrons. The molecule has 2 heterocycles. The summed E-state index contributed by atoms with van der Waals surface area (Å²) in [6.45, 7) is 0. The van der Waals surface area contributed by atoms with Gasteiger partial charge in [-0.25, -0.2) is 0 Å². The minimum Gasteiger partial charge on any atom is -0.316 e. The van der Waals surface area contributed by atoms with Crippen molar-refractivity contribution in [2.45, 2.75) is 0 Å². The predicted octanol–water partition coefficient (Wildman–Crippen LogP) is 11.9. The number of benzene rings is 8. The first-order valence-electron chi connectivity index (χ1n) is 15.8. The average Bonchev–Trinajstić information content (AvgIpc) is 3.70. The summed E-state index contributed by atoms with van der Waals surface area (Å²) in [6, 6.07) is 59.9. The van der Waals surface area contributed by atoms with Crippen molar-refractivity contribution < 1.29 is 0 Å². The number of nitrogens with zero attached hydrogens (tertiary/aromatic N) is 2. The molecular weight excluding hydrogens is 556 g/mol. The molecule has 0 spiro atoms. The number of aromatic nitrogens is 2. The van der Waals surface area contributed by atoms with Gasteiger partial charge in [-0.2, -0.15) is 0 Å². The molecule has 2 heteroatoms. The topological polar surface area (TPSA) is 9.86 Å². The number of hydrogen-bond donors (Lipinski definition) is 0. The molecule has 0 saturated heterocycles. The summed E-state index contributed by atoms with van der Waals surface area (Å²) in [7, 11) is 0. The van der Waals surface area contributed by atoms with Crippen molar-refractivity contribution in [2.75, 3.05) is 0 Å². The molecule has 8 aromatic carbocycles. The highest BCUT2D eigenvalue weighted by Crippen LogP contribution is 2.39. The highest BCUT2D eigenvalue weighted by Gasteiger charge is 2.17. The summed E-state index contributed by atoms with van der Waals surface area (Å²) in [5, 5.41) is 11.3. The van der Waals surface area contributed by atoms with E-state index < -0.39 is 0 Å². The van der Waals surface area contributed by atoms with Crippen LogP contribution in [0.25, 0.3) is 87.5 Å². The summed E-state index contributed by atoms with van der Waals surface area (Å²) >= 11 is 0. The smallest absolute Gasteiger partial charge is 0.0619 e. The Labute approximate surface area is 266 Å². The number of rotatable bonds is 3. The lowest BCUT2D eigenvalue weighted by molar-refractivity contribution is 1.14. The Bertz CT molecular complexity index is 2810. The molecule has 0 bridgehead atoms. The van der Waals surface area contributed by atoms with Crippen LogP contribution in [0.2, 0.25) is 0 Å². The van der Waals surface area contributed by atoms with Gasteiger partial charge in [0.15, 0.2) is 0 Å². The molecule has 0 fully saturated rings. The van der Waals surface area contributed by atoms with Crippen LogP contribution in [-0.4, -0.2) is 9.13 Å². The van der Waals surface area contributed by atoms with Crippen LogP contribution in [0.3, 0.4) is 0 Å². The maximum atomic E-state index is 2.46. The molecule has 0 unspecified atom stereocenters. The van der Waals surface area contributed by atoms with E-state index in [-0.39, 0.29) is 0 Å². The predicted molar refractivity (Wildman–Crippen MR) is 196 cm³/mol. The minimum atomic E-state index is 1.18. The van der Waals surface area contributed by atoms with E-state index >= 15 is 0 Å². The third kappa shape index (κ3) is 3.71. The Morgan fingerprint density at radius 3 is 1.89 bits per heavy atom. The SMILES string of the molecule is c1ccc2cc(-n3c4ccc(-c5ccc6c(ccn6-c6cccc7ccccc67)c5)cc4c4ccc5ccccc5c43)ccc2c1. The van der Waals surface area contributed by atoms with E-state index in [9.17, 15) is 0 Å². The van der Waals surface area contributed by atoms with E-state index in [1.54, 1.807) is 0 Å². The van der Waals surface area contributed by atoms with E-state index in [2.05, 4.69) is 179 Å². The van der Waals surface area contributed by atoms with Crippen molar-refractivity contribution in [1.29, 1.82) is 0 Å². The zero-order chi connectivity index (χ0) is 30.2. The first kappa shape index (κ1) is 25.2. The normalized spacial score (nSPS) is 11.9. The Morgan fingerprint density at radius 2 is 1.02 bits per heavy atom. The van der Waals surface area contributed by atoms with Gasteiger partial charge in [-0.05, 0) is 81.2 Å². The van der Waals surface area contributed by atoms with Crippen LogP contribution in [0.4, 0.5) is 0 Å². The molecule has 0 aliphatic carbocycles. The van der Waals surface area contributed by atoms with Crippen molar-refractivity contribution in [2.24, 2.45) is 0 Å². The van der Waals surface area contributed by atoms with Gasteiger partial charge in [-0.3, -0.25) is 0 Å². The Morgan fingerprint density at radius 1 is 0.348 bits per heavy atom. The van der Waals surface area contributed by atoms with Crippen molar-refractivity contribution >= 4 is 65.0 Å². The van der Waals surface area contributed by atoms with Crippen LogP contribution < -0.4 is 0 Å². The molecule has 0 radical (unpaired) electrons. The lowest BCUT2D eigenvalue weighted by Gasteiger charge is -2.11. The number of fused-ring (bicyclic) bond motifs is 8. The first-order valence-corrected chi connectivity index (χ1v) is 15.8. The fraction of sp³-hybridized carbons (Fsp3) is 0. The highest BCUT2D eigenvalue weighted by atomic mass is 15.0. The average molecular weight is 585 g/mol. The van der Waals surface area contributed by atoms with Crippen molar-refractivity contribution in [3.05, 3.63) is 170 Å². The summed E-state index contributed by atoms with van der Waals surface area (Å²) in [5.74, 6) is 0. The molecular formula is C44H28N2. The van der Waals surface area contributed by atoms with Crippen LogP contribution in [0, 0.1) is 0 Å². The van der Waals surface area contributed by atoms with Crippen molar-refractivity contribution in [1.82, 2.24) is 9.13 Å². The van der Waals surface area contributed by atoms with E-state index in [0.29, 0.717) is 0 Å². The third-order valence-corrected chi connectivity index (χ3v) is 9.69. The van der Waals surface area contributed by atoms with Crippen LogP contribution in [-0.2, 0) is 0 Å². The van der Waals surface area contributed by atoms with Gasteiger partial charge in [0.05, 0.1) is 22.2 Å². The van der Waals surface area contributed by atoms with Crippen LogP contribution >= 0.6 is 0 Å². The van der Waals surface area contributed by atoms with Gasteiger partial charge in [0.1, 0.15) is 0 Å². The van der Waals surface area contributed by atoms with Gasteiger partial charge in [0.2, 0.25) is 0 Å². The Balaban J connectivity index is 1.17.